The molecule has 1 N–H and O–H groups in total. The van der Waals surface area contributed by atoms with Gasteiger partial charge in [-0.05, 0) is 25.5 Å². The minimum atomic E-state index is -0.364. The Morgan fingerprint density at radius 3 is 2.57 bits per heavy atom. The molecule has 1 aromatic carbocycles. The molecule has 1 rings (SSSR count). The second-order valence-electron chi connectivity index (χ2n) is 5.07. The first-order valence-electron chi connectivity index (χ1n) is 7.80. The van der Waals surface area contributed by atoms with E-state index in [-0.39, 0.29) is 12.0 Å². The van der Waals surface area contributed by atoms with Crippen LogP contribution in [0.4, 0.5) is 5.69 Å². The molecule has 4 nitrogen and oxygen atoms in total. The van der Waals surface area contributed by atoms with Gasteiger partial charge in [0.05, 0.1) is 6.61 Å². The molecule has 0 heterocycles. The van der Waals surface area contributed by atoms with Gasteiger partial charge < -0.3 is 14.8 Å². The molecule has 0 aliphatic rings. The highest BCUT2D eigenvalue weighted by Crippen LogP contribution is 2.07. The van der Waals surface area contributed by atoms with E-state index < -0.39 is 0 Å². The molecule has 0 spiro atoms. The zero-order valence-corrected chi connectivity index (χ0v) is 13.1. The Hall–Kier alpha value is -1.55. The molecule has 0 radical (unpaired) electrons. The summed E-state index contributed by atoms with van der Waals surface area (Å²) in [5.41, 5.74) is 0.911. The standard InChI is InChI=1S/C17H27NO3/c1-3-4-5-9-12-20-13-14-21-17(19)15(2)18-16-10-7-6-8-11-16/h6-8,10-11,15,18H,3-5,9,12-14H2,1-2H3/t15-/m0/s1. The van der Waals surface area contributed by atoms with Crippen molar-refractivity contribution in [3.05, 3.63) is 30.3 Å². The van der Waals surface area contributed by atoms with Crippen LogP contribution in [0.15, 0.2) is 30.3 Å². The summed E-state index contributed by atoms with van der Waals surface area (Å²) in [6.45, 7) is 5.50. The predicted molar refractivity (Wildman–Crippen MR) is 85.4 cm³/mol. The quantitative estimate of drug-likeness (QED) is 0.500. The Bertz CT molecular complexity index is 381. The number of hydrogen-bond acceptors (Lipinski definition) is 4. The highest BCUT2D eigenvalue weighted by molar-refractivity contribution is 5.78. The maximum absolute atomic E-state index is 11.8. The Morgan fingerprint density at radius 2 is 1.86 bits per heavy atom. The van der Waals surface area contributed by atoms with Crippen molar-refractivity contribution in [2.45, 2.75) is 45.6 Å². The second-order valence-corrected chi connectivity index (χ2v) is 5.07. The van der Waals surface area contributed by atoms with Gasteiger partial charge in [-0.15, -0.1) is 0 Å². The molecular formula is C17H27NO3. The Morgan fingerprint density at radius 1 is 1.10 bits per heavy atom. The van der Waals surface area contributed by atoms with Gasteiger partial charge in [-0.1, -0.05) is 44.4 Å². The van der Waals surface area contributed by atoms with Crippen LogP contribution in [0.1, 0.15) is 39.5 Å². The van der Waals surface area contributed by atoms with Crippen LogP contribution < -0.4 is 5.32 Å². The van der Waals surface area contributed by atoms with Gasteiger partial charge in [-0.2, -0.15) is 0 Å². The van der Waals surface area contributed by atoms with Crippen molar-refractivity contribution in [1.82, 2.24) is 0 Å². The van der Waals surface area contributed by atoms with Crippen molar-refractivity contribution < 1.29 is 14.3 Å². The number of hydrogen-bond donors (Lipinski definition) is 1. The highest BCUT2D eigenvalue weighted by Gasteiger charge is 2.13. The van der Waals surface area contributed by atoms with Crippen LogP contribution in [0.5, 0.6) is 0 Å². The minimum absolute atomic E-state index is 0.256. The van der Waals surface area contributed by atoms with E-state index in [0.29, 0.717) is 13.2 Å². The smallest absolute Gasteiger partial charge is 0.328 e. The van der Waals surface area contributed by atoms with E-state index >= 15 is 0 Å². The maximum atomic E-state index is 11.8. The summed E-state index contributed by atoms with van der Waals surface area (Å²) < 4.78 is 10.6. The number of nitrogens with one attached hydrogen (secondary N) is 1. The van der Waals surface area contributed by atoms with Crippen LogP contribution in [-0.4, -0.2) is 31.8 Å². The number of benzene rings is 1. The van der Waals surface area contributed by atoms with Crippen LogP contribution in [0.2, 0.25) is 0 Å². The Labute approximate surface area is 127 Å². The van der Waals surface area contributed by atoms with Crippen molar-refractivity contribution in [2.75, 3.05) is 25.1 Å². The van der Waals surface area contributed by atoms with E-state index in [1.165, 1.54) is 19.3 Å². The molecule has 0 bridgehead atoms. The summed E-state index contributed by atoms with van der Waals surface area (Å²) in [4.78, 5) is 11.8. The average molecular weight is 293 g/mol. The van der Waals surface area contributed by atoms with Gasteiger partial charge in [-0.3, -0.25) is 0 Å². The van der Waals surface area contributed by atoms with Crippen molar-refractivity contribution >= 4 is 11.7 Å². The first-order chi connectivity index (χ1) is 10.2. The fraction of sp³-hybridized carbons (Fsp3) is 0.588. The van der Waals surface area contributed by atoms with Crippen LogP contribution >= 0.6 is 0 Å². The summed E-state index contributed by atoms with van der Waals surface area (Å²) >= 11 is 0. The zero-order chi connectivity index (χ0) is 15.3. The van der Waals surface area contributed by atoms with Crippen molar-refractivity contribution in [1.29, 1.82) is 0 Å². The summed E-state index contributed by atoms with van der Waals surface area (Å²) in [6, 6.07) is 9.26. The fourth-order valence-corrected chi connectivity index (χ4v) is 1.90. The lowest BCUT2D eigenvalue weighted by molar-refractivity contribution is -0.145. The Kier molecular flexibility index (Phi) is 9.29. The van der Waals surface area contributed by atoms with Gasteiger partial charge in [0.25, 0.3) is 0 Å². The zero-order valence-electron chi connectivity index (χ0n) is 13.1. The molecule has 1 atom stereocenters. The monoisotopic (exact) mass is 293 g/mol. The van der Waals surface area contributed by atoms with Crippen molar-refractivity contribution in [3.8, 4) is 0 Å². The minimum Gasteiger partial charge on any atom is -0.462 e. The van der Waals surface area contributed by atoms with Crippen LogP contribution in [0.25, 0.3) is 0 Å². The molecule has 21 heavy (non-hydrogen) atoms. The van der Waals surface area contributed by atoms with Gasteiger partial charge in [0.1, 0.15) is 12.6 Å². The summed E-state index contributed by atoms with van der Waals surface area (Å²) in [6.07, 6.45) is 4.76. The van der Waals surface area contributed by atoms with Crippen LogP contribution in [0.3, 0.4) is 0 Å². The lowest BCUT2D eigenvalue weighted by atomic mass is 10.2. The third kappa shape index (κ3) is 8.35. The molecule has 0 saturated heterocycles. The molecular weight excluding hydrogens is 266 g/mol. The molecule has 0 saturated carbocycles. The van der Waals surface area contributed by atoms with Gasteiger partial charge >= 0.3 is 5.97 Å². The van der Waals surface area contributed by atoms with E-state index in [1.54, 1.807) is 6.92 Å². The molecule has 118 valence electrons. The number of carbonyl (C=O) groups is 1. The van der Waals surface area contributed by atoms with Gasteiger partial charge in [0.15, 0.2) is 0 Å². The molecule has 0 fully saturated rings. The summed E-state index contributed by atoms with van der Waals surface area (Å²) in [5, 5.41) is 3.10. The topological polar surface area (TPSA) is 47.6 Å². The van der Waals surface area contributed by atoms with Crippen LogP contribution in [0, 0.1) is 0 Å². The Balaban J connectivity index is 2.05. The van der Waals surface area contributed by atoms with E-state index in [2.05, 4.69) is 12.2 Å². The van der Waals surface area contributed by atoms with Gasteiger partial charge in [0, 0.05) is 12.3 Å². The molecule has 0 unspecified atom stereocenters. The first-order valence-corrected chi connectivity index (χ1v) is 7.80. The van der Waals surface area contributed by atoms with Crippen molar-refractivity contribution in [3.63, 3.8) is 0 Å². The molecule has 4 heteroatoms. The van der Waals surface area contributed by atoms with E-state index in [9.17, 15) is 4.79 Å². The summed E-state index contributed by atoms with van der Waals surface area (Å²) in [5.74, 6) is -0.256. The molecule has 0 aromatic heterocycles. The number of para-hydroxylation sites is 1. The SMILES string of the molecule is CCCCCCOCCOC(=O)[C@H](C)Nc1ccccc1. The number of rotatable bonds is 11. The number of unbranched alkanes of at least 4 members (excludes halogenated alkanes) is 3. The summed E-state index contributed by atoms with van der Waals surface area (Å²) in [7, 11) is 0. The lowest BCUT2D eigenvalue weighted by Gasteiger charge is -2.14. The normalized spacial score (nSPS) is 11.9. The van der Waals surface area contributed by atoms with E-state index in [0.717, 1.165) is 18.7 Å². The molecule has 0 aliphatic heterocycles. The molecule has 0 amide bonds. The van der Waals surface area contributed by atoms with Crippen molar-refractivity contribution in [2.24, 2.45) is 0 Å². The van der Waals surface area contributed by atoms with E-state index in [4.69, 9.17) is 9.47 Å². The van der Waals surface area contributed by atoms with E-state index in [1.807, 2.05) is 30.3 Å². The predicted octanol–water partition coefficient (Wildman–Crippen LogP) is 3.63. The maximum Gasteiger partial charge on any atom is 0.328 e. The third-order valence-corrected chi connectivity index (χ3v) is 3.12. The number of carbonyl (C=O) groups excluding carboxylic acids is 1. The molecule has 1 aromatic rings. The number of ether oxygens (including phenoxy) is 2. The third-order valence-electron chi connectivity index (χ3n) is 3.12. The highest BCUT2D eigenvalue weighted by atomic mass is 16.6. The number of esters is 1. The number of anilines is 1. The lowest BCUT2D eigenvalue weighted by Crippen LogP contribution is -2.29. The van der Waals surface area contributed by atoms with Crippen LogP contribution in [-0.2, 0) is 14.3 Å². The fourth-order valence-electron chi connectivity index (χ4n) is 1.90. The first kappa shape index (κ1) is 17.5. The van der Waals surface area contributed by atoms with Gasteiger partial charge in [0.2, 0.25) is 0 Å². The molecule has 0 aliphatic carbocycles. The average Bonchev–Trinajstić information content (AvgIpc) is 2.50. The largest absolute Gasteiger partial charge is 0.462 e. The van der Waals surface area contributed by atoms with Gasteiger partial charge in [-0.25, -0.2) is 4.79 Å². The second kappa shape index (κ2) is 11.1.